The molecule has 1 amide bonds. The quantitative estimate of drug-likeness (QED) is 0.922. The summed E-state index contributed by atoms with van der Waals surface area (Å²) >= 11 is 0. The van der Waals surface area contributed by atoms with Gasteiger partial charge in [-0.2, -0.15) is 0 Å². The predicted octanol–water partition coefficient (Wildman–Crippen LogP) is 2.54. The third-order valence-corrected chi connectivity index (χ3v) is 4.83. The monoisotopic (exact) mass is 286 g/mol. The Morgan fingerprint density at radius 2 is 1.90 bits per heavy atom. The van der Waals surface area contributed by atoms with Crippen LogP contribution in [0.2, 0.25) is 0 Å². The van der Waals surface area contributed by atoms with Gasteiger partial charge in [-0.3, -0.25) is 4.79 Å². The molecule has 3 nitrogen and oxygen atoms in total. The number of piperidine rings is 1. The highest BCUT2D eigenvalue weighted by Gasteiger charge is 2.19. The molecule has 0 aromatic heterocycles. The van der Waals surface area contributed by atoms with Gasteiger partial charge in [-0.15, -0.1) is 0 Å². The second kappa shape index (κ2) is 7.08. The van der Waals surface area contributed by atoms with Gasteiger partial charge in [-0.05, 0) is 49.7 Å². The van der Waals surface area contributed by atoms with Crippen LogP contribution in [0.1, 0.15) is 43.2 Å². The van der Waals surface area contributed by atoms with Gasteiger partial charge in [0.2, 0.25) is 5.91 Å². The van der Waals surface area contributed by atoms with E-state index in [2.05, 4.69) is 29.6 Å². The minimum atomic E-state index is 0.332. The van der Waals surface area contributed by atoms with E-state index in [1.54, 1.807) is 0 Å². The van der Waals surface area contributed by atoms with E-state index in [4.69, 9.17) is 0 Å². The Kier molecular flexibility index (Phi) is 4.91. The lowest BCUT2D eigenvalue weighted by Gasteiger charge is -2.28. The first kappa shape index (κ1) is 14.6. The van der Waals surface area contributed by atoms with Gasteiger partial charge in [0, 0.05) is 32.1 Å². The van der Waals surface area contributed by atoms with E-state index in [-0.39, 0.29) is 0 Å². The van der Waals surface area contributed by atoms with E-state index in [0.717, 1.165) is 32.5 Å². The Hall–Kier alpha value is -1.35. The van der Waals surface area contributed by atoms with Crippen LogP contribution in [0.3, 0.4) is 0 Å². The van der Waals surface area contributed by atoms with Crippen molar-refractivity contribution in [2.24, 2.45) is 0 Å². The molecule has 114 valence electrons. The highest BCUT2D eigenvalue weighted by Crippen LogP contribution is 2.21. The van der Waals surface area contributed by atoms with Gasteiger partial charge in [-0.25, -0.2) is 0 Å². The van der Waals surface area contributed by atoms with Crippen LogP contribution in [0.4, 0.5) is 0 Å². The van der Waals surface area contributed by atoms with Crippen LogP contribution >= 0.6 is 0 Å². The van der Waals surface area contributed by atoms with Crippen molar-refractivity contribution < 1.29 is 4.79 Å². The molecule has 1 N–H and O–H groups in total. The maximum atomic E-state index is 12.1. The van der Waals surface area contributed by atoms with Gasteiger partial charge >= 0.3 is 0 Å². The van der Waals surface area contributed by atoms with Crippen molar-refractivity contribution in [3.8, 4) is 0 Å². The van der Waals surface area contributed by atoms with Crippen LogP contribution in [0.25, 0.3) is 0 Å². The molecular formula is C18H26N2O. The topological polar surface area (TPSA) is 32.3 Å². The van der Waals surface area contributed by atoms with Crippen molar-refractivity contribution in [3.63, 3.8) is 0 Å². The minimum absolute atomic E-state index is 0.332. The second-order valence-corrected chi connectivity index (χ2v) is 6.35. The average molecular weight is 286 g/mol. The standard InChI is InChI=1S/C18H26N2O/c21-18(20-12-4-1-5-13-20)10-11-19-17-9-8-15-6-2-3-7-16(15)14-17/h2-3,6-7,17,19H,1,4-5,8-14H2. The summed E-state index contributed by atoms with van der Waals surface area (Å²) < 4.78 is 0. The average Bonchev–Trinajstić information content (AvgIpc) is 2.55. The van der Waals surface area contributed by atoms with E-state index in [1.165, 1.54) is 36.8 Å². The number of nitrogens with zero attached hydrogens (tertiary/aromatic N) is 1. The zero-order valence-corrected chi connectivity index (χ0v) is 12.8. The summed E-state index contributed by atoms with van der Waals surface area (Å²) in [6.07, 6.45) is 7.75. The van der Waals surface area contributed by atoms with Crippen LogP contribution in [0, 0.1) is 0 Å². The molecular weight excluding hydrogens is 260 g/mol. The molecule has 1 aliphatic heterocycles. The summed E-state index contributed by atoms with van der Waals surface area (Å²) in [5.41, 5.74) is 2.98. The van der Waals surface area contributed by atoms with Crippen LogP contribution in [-0.2, 0) is 17.6 Å². The Balaban J connectivity index is 1.41. The van der Waals surface area contributed by atoms with Crippen molar-refractivity contribution >= 4 is 5.91 Å². The molecule has 2 aliphatic rings. The fraction of sp³-hybridized carbons (Fsp3) is 0.611. The molecule has 1 unspecified atom stereocenters. The van der Waals surface area contributed by atoms with Gasteiger partial charge in [0.15, 0.2) is 0 Å². The molecule has 1 atom stereocenters. The number of hydrogen-bond acceptors (Lipinski definition) is 2. The number of carbonyl (C=O) groups excluding carboxylic acids is 1. The molecule has 21 heavy (non-hydrogen) atoms. The van der Waals surface area contributed by atoms with Crippen LogP contribution in [-0.4, -0.2) is 36.5 Å². The van der Waals surface area contributed by atoms with E-state index < -0.39 is 0 Å². The summed E-state index contributed by atoms with van der Waals surface area (Å²) in [6, 6.07) is 9.27. The van der Waals surface area contributed by atoms with Crippen molar-refractivity contribution in [2.75, 3.05) is 19.6 Å². The Morgan fingerprint density at radius 1 is 1.14 bits per heavy atom. The molecule has 3 rings (SSSR count). The molecule has 1 aromatic rings. The number of hydrogen-bond donors (Lipinski definition) is 1. The van der Waals surface area contributed by atoms with E-state index in [9.17, 15) is 4.79 Å². The first-order valence-corrected chi connectivity index (χ1v) is 8.41. The normalized spacial score (nSPS) is 21.9. The molecule has 0 bridgehead atoms. The molecule has 1 fully saturated rings. The fourth-order valence-corrected chi connectivity index (χ4v) is 3.56. The highest BCUT2D eigenvalue weighted by molar-refractivity contribution is 5.76. The lowest BCUT2D eigenvalue weighted by Crippen LogP contribution is -2.40. The van der Waals surface area contributed by atoms with E-state index >= 15 is 0 Å². The number of amides is 1. The number of fused-ring (bicyclic) bond motifs is 1. The largest absolute Gasteiger partial charge is 0.343 e. The molecule has 3 heteroatoms. The Bertz CT molecular complexity index is 480. The SMILES string of the molecule is O=C(CCNC1CCc2ccccc2C1)N1CCCCC1. The van der Waals surface area contributed by atoms with Gasteiger partial charge in [-0.1, -0.05) is 24.3 Å². The lowest BCUT2D eigenvalue weighted by molar-refractivity contribution is -0.132. The molecule has 0 saturated carbocycles. The molecule has 1 aromatic carbocycles. The van der Waals surface area contributed by atoms with Crippen molar-refractivity contribution in [2.45, 2.75) is 51.0 Å². The minimum Gasteiger partial charge on any atom is -0.343 e. The summed E-state index contributed by atoms with van der Waals surface area (Å²) in [5, 5.41) is 3.58. The zero-order valence-electron chi connectivity index (χ0n) is 12.8. The van der Waals surface area contributed by atoms with Crippen molar-refractivity contribution in [1.82, 2.24) is 10.2 Å². The Morgan fingerprint density at radius 3 is 2.71 bits per heavy atom. The second-order valence-electron chi connectivity index (χ2n) is 6.35. The van der Waals surface area contributed by atoms with Crippen molar-refractivity contribution in [3.05, 3.63) is 35.4 Å². The number of carbonyl (C=O) groups is 1. The van der Waals surface area contributed by atoms with Crippen LogP contribution < -0.4 is 5.32 Å². The number of rotatable bonds is 4. The number of likely N-dealkylation sites (tertiary alicyclic amines) is 1. The lowest BCUT2D eigenvalue weighted by atomic mass is 9.88. The number of aryl methyl sites for hydroxylation is 1. The molecule has 1 aliphatic carbocycles. The predicted molar refractivity (Wildman–Crippen MR) is 85.3 cm³/mol. The van der Waals surface area contributed by atoms with E-state index in [0.29, 0.717) is 18.4 Å². The molecule has 0 spiro atoms. The van der Waals surface area contributed by atoms with Crippen LogP contribution in [0.5, 0.6) is 0 Å². The van der Waals surface area contributed by atoms with Crippen molar-refractivity contribution in [1.29, 1.82) is 0 Å². The number of benzene rings is 1. The van der Waals surface area contributed by atoms with Crippen LogP contribution in [0.15, 0.2) is 24.3 Å². The molecule has 0 radical (unpaired) electrons. The molecule has 1 saturated heterocycles. The summed E-state index contributed by atoms with van der Waals surface area (Å²) in [6.45, 7) is 2.76. The third-order valence-electron chi connectivity index (χ3n) is 4.83. The van der Waals surface area contributed by atoms with Gasteiger partial charge < -0.3 is 10.2 Å². The fourth-order valence-electron chi connectivity index (χ4n) is 3.56. The Labute approximate surface area is 127 Å². The van der Waals surface area contributed by atoms with Gasteiger partial charge in [0.25, 0.3) is 0 Å². The smallest absolute Gasteiger partial charge is 0.223 e. The maximum Gasteiger partial charge on any atom is 0.223 e. The first-order chi connectivity index (χ1) is 10.3. The summed E-state index contributed by atoms with van der Waals surface area (Å²) in [7, 11) is 0. The third kappa shape index (κ3) is 3.85. The first-order valence-electron chi connectivity index (χ1n) is 8.41. The summed E-state index contributed by atoms with van der Waals surface area (Å²) in [5.74, 6) is 0.332. The zero-order chi connectivity index (χ0) is 14.5. The maximum absolute atomic E-state index is 12.1. The highest BCUT2D eigenvalue weighted by atomic mass is 16.2. The number of nitrogens with one attached hydrogen (secondary N) is 1. The molecule has 1 heterocycles. The van der Waals surface area contributed by atoms with Gasteiger partial charge in [0.1, 0.15) is 0 Å². The summed E-state index contributed by atoms with van der Waals surface area (Å²) in [4.78, 5) is 14.2. The van der Waals surface area contributed by atoms with E-state index in [1.807, 2.05) is 4.90 Å². The van der Waals surface area contributed by atoms with Gasteiger partial charge in [0.05, 0.1) is 0 Å².